The smallest absolute Gasteiger partial charge is 0.306 e. The Labute approximate surface area is 392 Å². The minimum Gasteiger partial charge on any atom is -0.462 e. The lowest BCUT2D eigenvalue weighted by Crippen LogP contribution is -2.28. The molecule has 0 spiro atoms. The molecule has 0 aliphatic rings. The Hall–Kier alpha value is -4.74. The molecular weight excluding hydrogens is 789 g/mol. The molecule has 0 aromatic rings. The van der Waals surface area contributed by atoms with Crippen molar-refractivity contribution in [3.05, 3.63) is 170 Å². The number of esters is 2. The predicted molar refractivity (Wildman–Crippen MR) is 278 cm³/mol. The van der Waals surface area contributed by atoms with Gasteiger partial charge < -0.3 is 14.6 Å². The first-order chi connectivity index (χ1) is 31.6. The lowest BCUT2D eigenvalue weighted by atomic mass is 10.1. The first kappa shape index (κ1) is 59.3. The van der Waals surface area contributed by atoms with Gasteiger partial charge in [-0.05, 0) is 128 Å². The standard InChI is InChI=1S/C59H88O5/c1-3-5-7-9-11-13-15-17-18-19-20-21-22-23-24-25-26-27-28-29-30-31-32-33-34-35-36-37-38-39-40-42-44-46-48-50-52-54-59(62)64-57(55-60)56-63-58(61)53-51-49-47-45-43-41-16-14-12-10-8-6-4-2/h5-8,11-14,17-18,20-21,23-24,26-27,29-30,32-33,35-36,38-39,41-44,57,60H,3-4,9-10,15-16,19,22,25,28,31,34,37,40,45-56H2,1-2H3/b7-5-,8-6-,13-11-,14-12-,18-17-,21-20-,24-23-,27-26-,30-29-,33-32-,36-35-,39-38-,43-41-,44-42-. The van der Waals surface area contributed by atoms with E-state index in [1.54, 1.807) is 0 Å². The third kappa shape index (κ3) is 49.9. The summed E-state index contributed by atoms with van der Waals surface area (Å²) in [5.41, 5.74) is 0. The fourth-order valence-electron chi connectivity index (χ4n) is 5.86. The molecule has 1 N–H and O–H groups in total. The molecule has 1 unspecified atom stereocenters. The Bertz CT molecular complexity index is 1500. The third-order valence-electron chi connectivity index (χ3n) is 9.51. The van der Waals surface area contributed by atoms with E-state index in [1.165, 1.54) is 0 Å². The zero-order chi connectivity index (χ0) is 46.3. The molecule has 5 heteroatoms. The molecule has 0 aliphatic heterocycles. The highest BCUT2D eigenvalue weighted by Crippen LogP contribution is 2.09. The molecule has 354 valence electrons. The average molecular weight is 877 g/mol. The minimum atomic E-state index is -0.815. The van der Waals surface area contributed by atoms with Crippen LogP contribution < -0.4 is 0 Å². The fraction of sp³-hybridized carbons (Fsp3) is 0.492. The molecule has 0 saturated carbocycles. The second-order valence-corrected chi connectivity index (χ2v) is 15.4. The van der Waals surface area contributed by atoms with Crippen molar-refractivity contribution in [2.45, 2.75) is 174 Å². The van der Waals surface area contributed by atoms with Crippen LogP contribution in [0.4, 0.5) is 0 Å². The van der Waals surface area contributed by atoms with Crippen LogP contribution in [-0.2, 0) is 19.1 Å². The monoisotopic (exact) mass is 877 g/mol. The van der Waals surface area contributed by atoms with E-state index in [4.69, 9.17) is 9.47 Å². The Kier molecular flexibility index (Phi) is 48.7. The molecule has 1 atom stereocenters. The highest BCUT2D eigenvalue weighted by Gasteiger charge is 2.16. The summed E-state index contributed by atoms with van der Waals surface area (Å²) >= 11 is 0. The summed E-state index contributed by atoms with van der Waals surface area (Å²) in [5.74, 6) is -0.682. The highest BCUT2D eigenvalue weighted by molar-refractivity contribution is 5.70. The second-order valence-electron chi connectivity index (χ2n) is 15.4. The van der Waals surface area contributed by atoms with E-state index in [2.05, 4.69) is 184 Å². The molecule has 0 fully saturated rings. The zero-order valence-electron chi connectivity index (χ0n) is 40.2. The second kappa shape index (κ2) is 52.6. The molecule has 5 nitrogen and oxygen atoms in total. The molecule has 0 radical (unpaired) electrons. The molecular formula is C59H88O5. The summed E-state index contributed by atoms with van der Waals surface area (Å²) in [5, 5.41) is 9.58. The van der Waals surface area contributed by atoms with Crippen LogP contribution >= 0.6 is 0 Å². The number of unbranched alkanes of at least 4 members (excludes halogenated alkanes) is 6. The van der Waals surface area contributed by atoms with Crippen molar-refractivity contribution in [1.82, 2.24) is 0 Å². The van der Waals surface area contributed by atoms with Crippen LogP contribution in [0.5, 0.6) is 0 Å². The topological polar surface area (TPSA) is 72.8 Å². The van der Waals surface area contributed by atoms with Crippen molar-refractivity contribution in [2.24, 2.45) is 0 Å². The molecule has 0 rings (SSSR count). The number of hydrogen-bond donors (Lipinski definition) is 1. The summed E-state index contributed by atoms with van der Waals surface area (Å²) in [6, 6.07) is 0. The molecule has 0 heterocycles. The van der Waals surface area contributed by atoms with Crippen molar-refractivity contribution < 1.29 is 24.2 Å². The number of carbonyl (C=O) groups is 2. The van der Waals surface area contributed by atoms with Crippen molar-refractivity contribution >= 4 is 11.9 Å². The van der Waals surface area contributed by atoms with Crippen molar-refractivity contribution in [3.8, 4) is 0 Å². The number of hydrogen-bond acceptors (Lipinski definition) is 5. The molecule has 0 aromatic carbocycles. The van der Waals surface area contributed by atoms with Gasteiger partial charge >= 0.3 is 11.9 Å². The summed E-state index contributed by atoms with van der Waals surface area (Å²) in [4.78, 5) is 24.3. The fourth-order valence-corrected chi connectivity index (χ4v) is 5.86. The number of aliphatic hydroxyl groups excluding tert-OH is 1. The quantitative estimate of drug-likeness (QED) is 0.0376. The summed E-state index contributed by atoms with van der Waals surface area (Å²) in [7, 11) is 0. The Morgan fingerprint density at radius 1 is 0.359 bits per heavy atom. The van der Waals surface area contributed by atoms with Crippen LogP contribution in [0.25, 0.3) is 0 Å². The first-order valence-electron chi connectivity index (χ1n) is 24.7. The van der Waals surface area contributed by atoms with E-state index in [0.29, 0.717) is 12.8 Å². The van der Waals surface area contributed by atoms with Gasteiger partial charge in [0.15, 0.2) is 6.10 Å². The molecule has 0 aliphatic carbocycles. The third-order valence-corrected chi connectivity index (χ3v) is 9.51. The molecule has 0 saturated heterocycles. The van der Waals surface area contributed by atoms with Gasteiger partial charge in [0.25, 0.3) is 0 Å². The van der Waals surface area contributed by atoms with Gasteiger partial charge in [-0.3, -0.25) is 9.59 Å². The van der Waals surface area contributed by atoms with Gasteiger partial charge in [0.05, 0.1) is 6.61 Å². The summed E-state index contributed by atoms with van der Waals surface area (Å²) < 4.78 is 10.6. The number of carbonyl (C=O) groups excluding carboxylic acids is 2. The van der Waals surface area contributed by atoms with Crippen molar-refractivity contribution in [3.63, 3.8) is 0 Å². The van der Waals surface area contributed by atoms with Crippen molar-refractivity contribution in [2.75, 3.05) is 13.2 Å². The molecule has 0 aromatic heterocycles. The van der Waals surface area contributed by atoms with Crippen LogP contribution in [0.15, 0.2) is 170 Å². The van der Waals surface area contributed by atoms with E-state index in [9.17, 15) is 14.7 Å². The molecule has 64 heavy (non-hydrogen) atoms. The maximum atomic E-state index is 12.2. The van der Waals surface area contributed by atoms with Gasteiger partial charge in [0.2, 0.25) is 0 Å². The SMILES string of the molecule is CC/C=C\C/C=C\C/C=C\C/C=C\C/C=C\C/C=C\C/C=C\C/C=C\C/C=C\C/C=C\C/C=C\CCCCCC(=O)OC(CO)COC(=O)CCCCC/C=C\C/C=C\C/C=C\CC. The summed E-state index contributed by atoms with van der Waals surface area (Å²) in [6.45, 7) is 3.82. The van der Waals surface area contributed by atoms with Gasteiger partial charge in [-0.25, -0.2) is 0 Å². The van der Waals surface area contributed by atoms with Crippen LogP contribution in [0.1, 0.15) is 168 Å². The van der Waals surface area contributed by atoms with E-state index >= 15 is 0 Å². The molecule has 0 amide bonds. The predicted octanol–water partition coefficient (Wildman–Crippen LogP) is 16.6. The van der Waals surface area contributed by atoms with Gasteiger partial charge in [-0.2, -0.15) is 0 Å². The lowest BCUT2D eigenvalue weighted by Gasteiger charge is -2.15. The maximum Gasteiger partial charge on any atom is 0.306 e. The summed E-state index contributed by atoms with van der Waals surface area (Å²) in [6.07, 6.45) is 83.0. The Morgan fingerprint density at radius 3 is 0.906 bits per heavy atom. The largest absolute Gasteiger partial charge is 0.462 e. The number of ether oxygens (including phenoxy) is 2. The Morgan fingerprint density at radius 2 is 0.625 bits per heavy atom. The lowest BCUT2D eigenvalue weighted by molar-refractivity contribution is -0.161. The van der Waals surface area contributed by atoms with Gasteiger partial charge in [-0.15, -0.1) is 0 Å². The average Bonchev–Trinajstić information content (AvgIpc) is 3.30. The zero-order valence-corrected chi connectivity index (χ0v) is 40.2. The van der Waals surface area contributed by atoms with Gasteiger partial charge in [-0.1, -0.05) is 197 Å². The molecule has 0 bridgehead atoms. The van der Waals surface area contributed by atoms with E-state index < -0.39 is 6.10 Å². The van der Waals surface area contributed by atoms with E-state index in [-0.39, 0.29) is 25.2 Å². The van der Waals surface area contributed by atoms with E-state index in [1.807, 2.05) is 0 Å². The Balaban J connectivity index is 3.74. The van der Waals surface area contributed by atoms with Gasteiger partial charge in [0, 0.05) is 12.8 Å². The van der Waals surface area contributed by atoms with E-state index in [0.717, 1.165) is 141 Å². The minimum absolute atomic E-state index is 0.107. The highest BCUT2D eigenvalue weighted by atomic mass is 16.6. The normalized spacial score (nSPS) is 13.7. The number of allylic oxidation sites excluding steroid dienone is 28. The van der Waals surface area contributed by atoms with Crippen LogP contribution in [0, 0.1) is 0 Å². The number of aliphatic hydroxyl groups is 1. The van der Waals surface area contributed by atoms with Crippen LogP contribution in [-0.4, -0.2) is 36.4 Å². The first-order valence-corrected chi connectivity index (χ1v) is 24.7. The van der Waals surface area contributed by atoms with Crippen molar-refractivity contribution in [1.29, 1.82) is 0 Å². The van der Waals surface area contributed by atoms with Crippen LogP contribution in [0.2, 0.25) is 0 Å². The van der Waals surface area contributed by atoms with Gasteiger partial charge in [0.1, 0.15) is 6.61 Å². The van der Waals surface area contributed by atoms with Crippen LogP contribution in [0.3, 0.4) is 0 Å². The number of rotatable bonds is 42. The maximum absolute atomic E-state index is 12.2.